The summed E-state index contributed by atoms with van der Waals surface area (Å²) < 4.78 is 5.49. The van der Waals surface area contributed by atoms with E-state index >= 15 is 0 Å². The van der Waals surface area contributed by atoms with Crippen molar-refractivity contribution < 1.29 is 9.52 Å². The van der Waals surface area contributed by atoms with Crippen LogP contribution >= 0.6 is 0 Å². The van der Waals surface area contributed by atoms with Crippen LogP contribution in [-0.2, 0) is 0 Å². The van der Waals surface area contributed by atoms with Gasteiger partial charge in [0.15, 0.2) is 0 Å². The predicted octanol–water partition coefficient (Wildman–Crippen LogP) is 3.53. The fraction of sp³-hybridized carbons (Fsp3) is 0.188. The normalized spacial score (nSPS) is 12.8. The quantitative estimate of drug-likeness (QED) is 0.760. The number of benzene rings is 1. The molecule has 1 unspecified atom stereocenters. The molecule has 1 N–H and O–H groups in total. The van der Waals surface area contributed by atoms with Gasteiger partial charge in [0, 0.05) is 22.7 Å². The molecule has 0 saturated carbocycles. The SMILES string of the molecule is Cc1cc(C(O)c2cccc3cccnc23)c(C)o1. The number of para-hydroxylation sites is 1. The third-order valence-corrected chi connectivity index (χ3v) is 3.33. The number of fused-ring (bicyclic) bond motifs is 1. The highest BCUT2D eigenvalue weighted by Crippen LogP contribution is 2.30. The third kappa shape index (κ3) is 2.02. The molecule has 0 saturated heterocycles. The minimum atomic E-state index is -0.712. The molecule has 19 heavy (non-hydrogen) atoms. The first-order chi connectivity index (χ1) is 9.16. The van der Waals surface area contributed by atoms with Gasteiger partial charge in [-0.2, -0.15) is 0 Å². The van der Waals surface area contributed by atoms with Crippen LogP contribution in [0.5, 0.6) is 0 Å². The molecule has 3 aromatic rings. The van der Waals surface area contributed by atoms with E-state index in [1.54, 1.807) is 6.20 Å². The zero-order valence-corrected chi connectivity index (χ0v) is 10.9. The van der Waals surface area contributed by atoms with Gasteiger partial charge < -0.3 is 9.52 Å². The van der Waals surface area contributed by atoms with Crippen LogP contribution in [0.2, 0.25) is 0 Å². The molecule has 96 valence electrons. The van der Waals surface area contributed by atoms with Crippen molar-refractivity contribution in [3.05, 3.63) is 65.2 Å². The second-order valence-electron chi connectivity index (χ2n) is 4.69. The van der Waals surface area contributed by atoms with Crippen LogP contribution in [0.15, 0.2) is 47.0 Å². The van der Waals surface area contributed by atoms with E-state index in [9.17, 15) is 5.11 Å². The number of furan rings is 1. The number of hydrogen-bond acceptors (Lipinski definition) is 3. The molecule has 0 bridgehead atoms. The average Bonchev–Trinajstić information content (AvgIpc) is 2.76. The predicted molar refractivity (Wildman–Crippen MR) is 74.0 cm³/mol. The van der Waals surface area contributed by atoms with Gasteiger partial charge in [0.25, 0.3) is 0 Å². The van der Waals surface area contributed by atoms with Gasteiger partial charge in [0.1, 0.15) is 17.6 Å². The lowest BCUT2D eigenvalue weighted by Gasteiger charge is -2.12. The highest BCUT2D eigenvalue weighted by Gasteiger charge is 2.18. The Bertz CT molecular complexity index is 725. The molecule has 0 aliphatic rings. The minimum Gasteiger partial charge on any atom is -0.466 e. The summed E-state index contributed by atoms with van der Waals surface area (Å²) in [7, 11) is 0. The zero-order valence-electron chi connectivity index (χ0n) is 10.9. The van der Waals surface area contributed by atoms with E-state index in [4.69, 9.17) is 4.42 Å². The lowest BCUT2D eigenvalue weighted by atomic mass is 9.99. The fourth-order valence-electron chi connectivity index (χ4n) is 2.44. The van der Waals surface area contributed by atoms with E-state index in [-0.39, 0.29) is 0 Å². The van der Waals surface area contributed by atoms with E-state index in [0.717, 1.165) is 33.6 Å². The third-order valence-electron chi connectivity index (χ3n) is 3.33. The monoisotopic (exact) mass is 253 g/mol. The molecular weight excluding hydrogens is 238 g/mol. The topological polar surface area (TPSA) is 46.3 Å². The minimum absolute atomic E-state index is 0.712. The number of rotatable bonds is 2. The molecule has 3 rings (SSSR count). The van der Waals surface area contributed by atoms with Crippen molar-refractivity contribution in [3.63, 3.8) is 0 Å². The van der Waals surface area contributed by atoms with Crippen LogP contribution in [-0.4, -0.2) is 10.1 Å². The molecule has 0 amide bonds. The maximum Gasteiger partial charge on any atom is 0.110 e. The molecule has 1 atom stereocenters. The van der Waals surface area contributed by atoms with Gasteiger partial charge >= 0.3 is 0 Å². The number of aliphatic hydroxyl groups excluding tert-OH is 1. The summed E-state index contributed by atoms with van der Waals surface area (Å²) in [6, 6.07) is 11.6. The number of hydrogen-bond donors (Lipinski definition) is 1. The van der Waals surface area contributed by atoms with Crippen molar-refractivity contribution in [2.24, 2.45) is 0 Å². The van der Waals surface area contributed by atoms with E-state index in [1.165, 1.54) is 0 Å². The number of aromatic nitrogens is 1. The lowest BCUT2D eigenvalue weighted by molar-refractivity contribution is 0.219. The summed E-state index contributed by atoms with van der Waals surface area (Å²) in [5.74, 6) is 1.55. The molecule has 0 aliphatic heterocycles. The summed E-state index contributed by atoms with van der Waals surface area (Å²) >= 11 is 0. The summed E-state index contributed by atoms with van der Waals surface area (Å²) in [6.45, 7) is 3.74. The van der Waals surface area contributed by atoms with Crippen LogP contribution in [0, 0.1) is 13.8 Å². The number of pyridine rings is 1. The summed E-state index contributed by atoms with van der Waals surface area (Å²) in [5.41, 5.74) is 2.44. The van der Waals surface area contributed by atoms with Crippen LogP contribution < -0.4 is 0 Å². The van der Waals surface area contributed by atoms with Crippen molar-refractivity contribution in [1.82, 2.24) is 4.98 Å². The Labute approximate surface area is 111 Å². The van der Waals surface area contributed by atoms with Crippen LogP contribution in [0.1, 0.15) is 28.8 Å². The molecule has 0 fully saturated rings. The highest BCUT2D eigenvalue weighted by atomic mass is 16.3. The fourth-order valence-corrected chi connectivity index (χ4v) is 2.44. The van der Waals surface area contributed by atoms with Crippen molar-refractivity contribution in [3.8, 4) is 0 Å². The van der Waals surface area contributed by atoms with Crippen LogP contribution in [0.4, 0.5) is 0 Å². The Morgan fingerprint density at radius 3 is 2.63 bits per heavy atom. The maximum atomic E-state index is 10.6. The Morgan fingerprint density at radius 1 is 1.11 bits per heavy atom. The van der Waals surface area contributed by atoms with E-state index < -0.39 is 6.10 Å². The average molecular weight is 253 g/mol. The molecule has 3 heteroatoms. The maximum absolute atomic E-state index is 10.6. The van der Waals surface area contributed by atoms with Gasteiger partial charge in [0.05, 0.1) is 5.52 Å². The molecule has 0 aliphatic carbocycles. The molecular formula is C16H15NO2. The first kappa shape index (κ1) is 11.9. The second-order valence-corrected chi connectivity index (χ2v) is 4.69. The lowest BCUT2D eigenvalue weighted by Crippen LogP contribution is -2.01. The Kier molecular flexibility index (Phi) is 2.84. The summed E-state index contributed by atoms with van der Waals surface area (Å²) in [5, 5.41) is 11.6. The molecule has 3 nitrogen and oxygen atoms in total. The smallest absolute Gasteiger partial charge is 0.110 e. The summed E-state index contributed by atoms with van der Waals surface area (Å²) in [6.07, 6.45) is 1.03. The van der Waals surface area contributed by atoms with Crippen molar-refractivity contribution in [2.45, 2.75) is 20.0 Å². The van der Waals surface area contributed by atoms with E-state index in [1.807, 2.05) is 50.2 Å². The molecule has 0 radical (unpaired) electrons. The van der Waals surface area contributed by atoms with Gasteiger partial charge in [-0.05, 0) is 26.0 Å². The largest absolute Gasteiger partial charge is 0.466 e. The first-order valence-corrected chi connectivity index (χ1v) is 6.25. The molecule has 1 aromatic carbocycles. The summed E-state index contributed by atoms with van der Waals surface area (Å²) in [4.78, 5) is 4.37. The number of aryl methyl sites for hydroxylation is 2. The Balaban J connectivity index is 2.16. The number of nitrogens with zero attached hydrogens (tertiary/aromatic N) is 1. The van der Waals surface area contributed by atoms with Crippen molar-refractivity contribution in [2.75, 3.05) is 0 Å². The van der Waals surface area contributed by atoms with Crippen LogP contribution in [0.25, 0.3) is 10.9 Å². The zero-order chi connectivity index (χ0) is 13.4. The Morgan fingerprint density at radius 2 is 1.89 bits per heavy atom. The van der Waals surface area contributed by atoms with Gasteiger partial charge in [-0.15, -0.1) is 0 Å². The van der Waals surface area contributed by atoms with E-state index in [0.29, 0.717) is 0 Å². The molecule has 2 heterocycles. The number of aliphatic hydroxyl groups is 1. The molecule has 0 spiro atoms. The molecule has 2 aromatic heterocycles. The van der Waals surface area contributed by atoms with Gasteiger partial charge in [-0.3, -0.25) is 4.98 Å². The van der Waals surface area contributed by atoms with Crippen molar-refractivity contribution in [1.29, 1.82) is 0 Å². The first-order valence-electron chi connectivity index (χ1n) is 6.25. The van der Waals surface area contributed by atoms with Gasteiger partial charge in [0.2, 0.25) is 0 Å². The second kappa shape index (κ2) is 4.52. The van der Waals surface area contributed by atoms with E-state index in [2.05, 4.69) is 4.98 Å². The van der Waals surface area contributed by atoms with Crippen LogP contribution in [0.3, 0.4) is 0 Å². The van der Waals surface area contributed by atoms with Gasteiger partial charge in [-0.1, -0.05) is 24.3 Å². The highest BCUT2D eigenvalue weighted by molar-refractivity contribution is 5.82. The van der Waals surface area contributed by atoms with Crippen molar-refractivity contribution >= 4 is 10.9 Å². The van der Waals surface area contributed by atoms with Gasteiger partial charge in [-0.25, -0.2) is 0 Å². The Hall–Kier alpha value is -2.13. The standard InChI is InChI=1S/C16H15NO2/c1-10-9-14(11(2)19-10)16(18)13-7-3-5-12-6-4-8-17-15(12)13/h3-9,16,18H,1-2H3.